The topological polar surface area (TPSA) is 103 Å². The van der Waals surface area contributed by atoms with E-state index in [9.17, 15) is 9.59 Å². The van der Waals surface area contributed by atoms with E-state index in [1.807, 2.05) is 25.1 Å². The molecule has 156 valence electrons. The maximum absolute atomic E-state index is 13.0. The van der Waals surface area contributed by atoms with Crippen LogP contribution < -0.4 is 11.1 Å². The molecule has 1 aromatic heterocycles. The Kier molecular flexibility index (Phi) is 7.24. The van der Waals surface area contributed by atoms with Crippen molar-refractivity contribution < 1.29 is 9.59 Å². The van der Waals surface area contributed by atoms with Crippen molar-refractivity contribution in [2.24, 2.45) is 0 Å². The fourth-order valence-electron chi connectivity index (χ4n) is 3.11. The van der Waals surface area contributed by atoms with Crippen LogP contribution in [0.1, 0.15) is 42.2 Å². The van der Waals surface area contributed by atoms with E-state index in [2.05, 4.69) is 27.6 Å². The van der Waals surface area contributed by atoms with Crippen molar-refractivity contribution in [3.8, 4) is 0 Å². The van der Waals surface area contributed by atoms with Crippen molar-refractivity contribution in [1.29, 1.82) is 0 Å². The van der Waals surface area contributed by atoms with Gasteiger partial charge in [-0.3, -0.25) is 14.2 Å². The van der Waals surface area contributed by atoms with Crippen molar-refractivity contribution in [3.63, 3.8) is 0 Å². The number of ketones is 1. The summed E-state index contributed by atoms with van der Waals surface area (Å²) in [4.78, 5) is 24.6. The van der Waals surface area contributed by atoms with Gasteiger partial charge in [0.1, 0.15) is 6.04 Å². The van der Waals surface area contributed by atoms with Crippen LogP contribution in [0.3, 0.4) is 0 Å². The van der Waals surface area contributed by atoms with Crippen molar-refractivity contribution in [3.05, 3.63) is 65.7 Å². The number of nitrogens with zero attached hydrogens (tertiary/aromatic N) is 3. The highest BCUT2D eigenvalue weighted by atomic mass is 32.2. The number of aryl methyl sites for hydroxylation is 1. The van der Waals surface area contributed by atoms with Gasteiger partial charge in [0.2, 0.25) is 11.9 Å². The summed E-state index contributed by atoms with van der Waals surface area (Å²) in [5.74, 6) is 0.713. The number of hydrogen-bond acceptors (Lipinski definition) is 6. The zero-order valence-electron chi connectivity index (χ0n) is 17.0. The molecule has 0 aliphatic carbocycles. The molecule has 3 aromatic rings. The second-order valence-electron chi connectivity index (χ2n) is 6.85. The number of nitrogen functional groups attached to an aromatic ring is 1. The van der Waals surface area contributed by atoms with Gasteiger partial charge in [-0.15, -0.1) is 10.2 Å². The Morgan fingerprint density at radius 2 is 1.90 bits per heavy atom. The molecule has 0 radical (unpaired) electrons. The van der Waals surface area contributed by atoms with Crippen LogP contribution >= 0.6 is 11.8 Å². The smallest absolute Gasteiger partial charge is 0.247 e. The third-order valence-electron chi connectivity index (χ3n) is 4.69. The molecule has 3 N–H and O–H groups in total. The molecule has 0 fully saturated rings. The lowest BCUT2D eigenvalue weighted by Gasteiger charge is -2.19. The van der Waals surface area contributed by atoms with Gasteiger partial charge in [0, 0.05) is 17.0 Å². The zero-order valence-corrected chi connectivity index (χ0v) is 17.9. The fourth-order valence-corrected chi connectivity index (χ4v) is 4.09. The monoisotopic (exact) mass is 423 g/mol. The first kappa shape index (κ1) is 21.6. The van der Waals surface area contributed by atoms with Gasteiger partial charge in [0.25, 0.3) is 0 Å². The maximum atomic E-state index is 13.0. The van der Waals surface area contributed by atoms with E-state index in [-0.39, 0.29) is 17.6 Å². The first-order valence-electron chi connectivity index (χ1n) is 9.78. The molecule has 0 bridgehead atoms. The van der Waals surface area contributed by atoms with Crippen LogP contribution in [0.5, 0.6) is 0 Å². The molecule has 0 aliphatic rings. The summed E-state index contributed by atoms with van der Waals surface area (Å²) in [6.07, 6.45) is 1.39. The SMILES string of the molecule is CCC(C(=O)Nc1cccc(C(C)=O)c1)n1c(N)nnc1SCCc1ccccc1. The normalized spacial score (nSPS) is 11.8. The average molecular weight is 424 g/mol. The lowest BCUT2D eigenvalue weighted by Crippen LogP contribution is -2.27. The number of carbonyl (C=O) groups is 2. The summed E-state index contributed by atoms with van der Waals surface area (Å²) in [5.41, 5.74) is 8.39. The highest BCUT2D eigenvalue weighted by molar-refractivity contribution is 7.99. The van der Waals surface area contributed by atoms with E-state index in [0.717, 1.165) is 12.2 Å². The van der Waals surface area contributed by atoms with E-state index in [1.165, 1.54) is 24.2 Å². The van der Waals surface area contributed by atoms with Crippen LogP contribution in [-0.2, 0) is 11.2 Å². The molecule has 0 saturated carbocycles. The Morgan fingerprint density at radius 3 is 2.60 bits per heavy atom. The fraction of sp³-hybridized carbons (Fsp3) is 0.273. The van der Waals surface area contributed by atoms with Crippen molar-refractivity contribution in [1.82, 2.24) is 14.8 Å². The molecule has 1 unspecified atom stereocenters. The highest BCUT2D eigenvalue weighted by Gasteiger charge is 2.25. The number of Topliss-reactive ketones (excluding diaryl/α,β-unsaturated/α-hetero) is 1. The number of carbonyl (C=O) groups excluding carboxylic acids is 2. The van der Waals surface area contributed by atoms with Gasteiger partial charge in [-0.25, -0.2) is 0 Å². The molecule has 7 nitrogen and oxygen atoms in total. The Morgan fingerprint density at radius 1 is 1.13 bits per heavy atom. The standard InChI is InChI=1S/C22H25N5O2S/c1-3-19(20(29)24-18-11-7-10-17(14-18)15(2)28)27-21(23)25-26-22(27)30-13-12-16-8-5-4-6-9-16/h4-11,14,19H,3,12-13H2,1-2H3,(H2,23,25)(H,24,29). The van der Waals surface area contributed by atoms with Crippen molar-refractivity contribution in [2.75, 3.05) is 16.8 Å². The van der Waals surface area contributed by atoms with E-state index >= 15 is 0 Å². The van der Waals surface area contributed by atoms with Crippen LogP contribution in [0.15, 0.2) is 59.8 Å². The first-order chi connectivity index (χ1) is 14.5. The molecular formula is C22H25N5O2S. The van der Waals surface area contributed by atoms with E-state index < -0.39 is 6.04 Å². The minimum atomic E-state index is -0.555. The first-order valence-corrected chi connectivity index (χ1v) is 10.8. The molecule has 8 heteroatoms. The van der Waals surface area contributed by atoms with E-state index in [4.69, 9.17) is 5.73 Å². The molecule has 0 spiro atoms. The lowest BCUT2D eigenvalue weighted by atomic mass is 10.1. The number of rotatable bonds is 9. The van der Waals surface area contributed by atoms with Crippen LogP contribution in [-0.4, -0.2) is 32.2 Å². The molecular weight excluding hydrogens is 398 g/mol. The number of aromatic nitrogens is 3. The van der Waals surface area contributed by atoms with Gasteiger partial charge < -0.3 is 11.1 Å². The van der Waals surface area contributed by atoms with E-state index in [1.54, 1.807) is 28.8 Å². The quantitative estimate of drug-likeness (QED) is 0.398. The molecule has 0 saturated heterocycles. The predicted molar refractivity (Wildman–Crippen MR) is 120 cm³/mol. The molecule has 2 aromatic carbocycles. The van der Waals surface area contributed by atoms with Crippen molar-refractivity contribution in [2.45, 2.75) is 37.9 Å². The Labute approximate surface area is 180 Å². The highest BCUT2D eigenvalue weighted by Crippen LogP contribution is 2.27. The molecule has 1 atom stereocenters. The van der Waals surface area contributed by atoms with Crippen LogP contribution in [0, 0.1) is 0 Å². The predicted octanol–water partition coefficient (Wildman–Crippen LogP) is 3.99. The number of anilines is 2. The number of amides is 1. The zero-order chi connectivity index (χ0) is 21.5. The Balaban J connectivity index is 1.72. The van der Waals surface area contributed by atoms with Gasteiger partial charge in [-0.05, 0) is 37.5 Å². The minimum Gasteiger partial charge on any atom is -0.368 e. The largest absolute Gasteiger partial charge is 0.368 e. The maximum Gasteiger partial charge on any atom is 0.247 e. The van der Waals surface area contributed by atoms with Crippen molar-refractivity contribution >= 4 is 35.1 Å². The van der Waals surface area contributed by atoms with E-state index in [0.29, 0.717) is 22.8 Å². The summed E-state index contributed by atoms with van der Waals surface area (Å²) in [5, 5.41) is 11.6. The summed E-state index contributed by atoms with van der Waals surface area (Å²) in [6, 6.07) is 16.5. The number of thioether (sulfide) groups is 1. The summed E-state index contributed by atoms with van der Waals surface area (Å²) >= 11 is 1.52. The lowest BCUT2D eigenvalue weighted by molar-refractivity contribution is -0.119. The number of benzene rings is 2. The number of nitrogens with two attached hydrogens (primary N) is 1. The van der Waals surface area contributed by atoms with Gasteiger partial charge in [-0.1, -0.05) is 61.2 Å². The van der Waals surface area contributed by atoms with Crippen LogP contribution in [0.25, 0.3) is 0 Å². The summed E-state index contributed by atoms with van der Waals surface area (Å²) in [7, 11) is 0. The van der Waals surface area contributed by atoms with Gasteiger partial charge in [-0.2, -0.15) is 0 Å². The summed E-state index contributed by atoms with van der Waals surface area (Å²) < 4.78 is 1.68. The second kappa shape index (κ2) is 10.1. The second-order valence-corrected chi connectivity index (χ2v) is 7.91. The molecule has 1 heterocycles. The molecule has 3 rings (SSSR count). The molecule has 0 aliphatic heterocycles. The van der Waals surface area contributed by atoms with Gasteiger partial charge in [0.15, 0.2) is 10.9 Å². The van der Waals surface area contributed by atoms with Crippen LogP contribution in [0.2, 0.25) is 0 Å². The molecule has 1 amide bonds. The Hall–Kier alpha value is -3.13. The molecule has 30 heavy (non-hydrogen) atoms. The Bertz CT molecular complexity index is 1020. The average Bonchev–Trinajstić information content (AvgIpc) is 3.10. The third-order valence-corrected chi connectivity index (χ3v) is 5.64. The minimum absolute atomic E-state index is 0.0571. The number of nitrogens with one attached hydrogen (secondary N) is 1. The summed E-state index contributed by atoms with van der Waals surface area (Å²) in [6.45, 7) is 3.40. The van der Waals surface area contributed by atoms with Gasteiger partial charge in [0.05, 0.1) is 0 Å². The van der Waals surface area contributed by atoms with Crippen LogP contribution in [0.4, 0.5) is 11.6 Å². The number of hydrogen-bond donors (Lipinski definition) is 2. The van der Waals surface area contributed by atoms with Gasteiger partial charge >= 0.3 is 0 Å². The third kappa shape index (κ3) is 5.27.